The lowest BCUT2D eigenvalue weighted by atomic mass is 9.91. The first-order valence-electron chi connectivity index (χ1n) is 9.60. The van der Waals surface area contributed by atoms with Crippen molar-refractivity contribution in [3.63, 3.8) is 0 Å². The van der Waals surface area contributed by atoms with Crippen molar-refractivity contribution in [2.45, 2.75) is 25.2 Å². The van der Waals surface area contributed by atoms with Gasteiger partial charge in [-0.2, -0.15) is 0 Å². The Kier molecular flexibility index (Phi) is 5.70. The Labute approximate surface area is 179 Å². The summed E-state index contributed by atoms with van der Waals surface area (Å²) in [6.07, 6.45) is -4.81. The minimum absolute atomic E-state index is 0.150. The van der Waals surface area contributed by atoms with Gasteiger partial charge in [0.25, 0.3) is 0 Å². The van der Waals surface area contributed by atoms with Gasteiger partial charge in [-0.3, -0.25) is 0 Å². The highest BCUT2D eigenvalue weighted by Crippen LogP contribution is 2.41. The highest BCUT2D eigenvalue weighted by atomic mass is 19.4. The standard InChI is InChI=1S/C22H17F6NO3/c23-21(24,25)31-15-6-1-4-13(10-15)17-8-3-9-18-20(17)30-12-19(29-18)14-5-2-7-16(11-14)32-22(26,27)28/h1-4,6-11,14,19,29H,5,12H2/t14?,19-/m1/s1. The van der Waals surface area contributed by atoms with Gasteiger partial charge in [-0.25, -0.2) is 0 Å². The summed E-state index contributed by atoms with van der Waals surface area (Å²) in [4.78, 5) is 0. The van der Waals surface area contributed by atoms with E-state index >= 15 is 0 Å². The average molecular weight is 457 g/mol. The minimum Gasteiger partial charge on any atom is -0.489 e. The summed E-state index contributed by atoms with van der Waals surface area (Å²) in [7, 11) is 0. The molecule has 1 N–H and O–H groups in total. The number of allylic oxidation sites excluding steroid dienone is 2. The van der Waals surface area contributed by atoms with Gasteiger partial charge in [0.2, 0.25) is 0 Å². The van der Waals surface area contributed by atoms with Crippen molar-refractivity contribution in [1.82, 2.24) is 0 Å². The second-order valence-electron chi connectivity index (χ2n) is 7.24. The SMILES string of the molecule is FC(F)(F)OC1=CC([C@H]2COc3c(cccc3-c3cccc(OC(F)(F)F)c3)N2)CC=C1. The van der Waals surface area contributed by atoms with Crippen LogP contribution in [0.15, 0.2) is 66.5 Å². The molecule has 0 spiro atoms. The van der Waals surface area contributed by atoms with E-state index in [1.54, 1.807) is 30.3 Å². The summed E-state index contributed by atoms with van der Waals surface area (Å²) in [5, 5.41) is 3.26. The molecule has 0 bridgehead atoms. The lowest BCUT2D eigenvalue weighted by Gasteiger charge is -2.33. The molecule has 170 valence electrons. The number of para-hydroxylation sites is 1. The van der Waals surface area contributed by atoms with Gasteiger partial charge >= 0.3 is 12.7 Å². The van der Waals surface area contributed by atoms with Crippen LogP contribution in [0.3, 0.4) is 0 Å². The predicted molar refractivity (Wildman–Crippen MR) is 104 cm³/mol. The summed E-state index contributed by atoms with van der Waals surface area (Å²) in [6, 6.07) is 10.3. The summed E-state index contributed by atoms with van der Waals surface area (Å²) in [6.45, 7) is 0.150. The Balaban J connectivity index is 1.55. The van der Waals surface area contributed by atoms with Gasteiger partial charge in [-0.05, 0) is 42.3 Å². The maximum absolute atomic E-state index is 12.5. The molecular weight excluding hydrogens is 440 g/mol. The third-order valence-electron chi connectivity index (χ3n) is 4.96. The molecule has 2 aromatic carbocycles. The zero-order chi connectivity index (χ0) is 22.9. The van der Waals surface area contributed by atoms with E-state index in [9.17, 15) is 26.3 Å². The van der Waals surface area contributed by atoms with Crippen LogP contribution in [0.5, 0.6) is 11.5 Å². The van der Waals surface area contributed by atoms with Gasteiger partial charge in [0.1, 0.15) is 23.9 Å². The number of ether oxygens (including phenoxy) is 3. The molecule has 2 aliphatic rings. The third kappa shape index (κ3) is 5.30. The molecule has 1 heterocycles. The Morgan fingerprint density at radius 3 is 2.44 bits per heavy atom. The Bertz CT molecular complexity index is 1040. The van der Waals surface area contributed by atoms with E-state index in [0.29, 0.717) is 29.0 Å². The Hall–Kier alpha value is -3.30. The Morgan fingerprint density at radius 2 is 1.69 bits per heavy atom. The van der Waals surface area contributed by atoms with Gasteiger partial charge in [0, 0.05) is 11.5 Å². The van der Waals surface area contributed by atoms with Crippen molar-refractivity contribution in [3.8, 4) is 22.6 Å². The van der Waals surface area contributed by atoms with Crippen LogP contribution in [-0.4, -0.2) is 25.4 Å². The molecule has 0 saturated carbocycles. The third-order valence-corrected chi connectivity index (χ3v) is 4.96. The fraction of sp³-hybridized carbons (Fsp3) is 0.273. The highest BCUT2D eigenvalue weighted by Gasteiger charge is 2.34. The van der Waals surface area contributed by atoms with Crippen LogP contribution in [0.25, 0.3) is 11.1 Å². The lowest BCUT2D eigenvalue weighted by Crippen LogP contribution is -2.38. The van der Waals surface area contributed by atoms with Crippen LogP contribution in [0.1, 0.15) is 6.42 Å². The number of rotatable bonds is 4. The number of nitrogens with one attached hydrogen (secondary N) is 1. The molecule has 32 heavy (non-hydrogen) atoms. The number of benzene rings is 2. The van der Waals surface area contributed by atoms with Crippen LogP contribution < -0.4 is 14.8 Å². The van der Waals surface area contributed by atoms with E-state index in [4.69, 9.17) is 4.74 Å². The summed E-state index contributed by atoms with van der Waals surface area (Å²) < 4.78 is 89.1. The van der Waals surface area contributed by atoms with Gasteiger partial charge in [-0.1, -0.05) is 30.3 Å². The van der Waals surface area contributed by atoms with E-state index in [-0.39, 0.29) is 30.1 Å². The molecule has 10 heteroatoms. The first-order valence-corrected chi connectivity index (χ1v) is 9.60. The molecule has 0 fully saturated rings. The van der Waals surface area contributed by atoms with Crippen LogP contribution >= 0.6 is 0 Å². The molecule has 0 amide bonds. The minimum atomic E-state index is -4.81. The molecule has 1 unspecified atom stereocenters. The quantitative estimate of drug-likeness (QED) is 0.538. The number of halogens is 6. The number of fused-ring (bicyclic) bond motifs is 1. The zero-order valence-corrected chi connectivity index (χ0v) is 16.3. The lowest BCUT2D eigenvalue weighted by molar-refractivity contribution is -0.303. The fourth-order valence-electron chi connectivity index (χ4n) is 3.70. The molecule has 2 atom stereocenters. The van der Waals surface area contributed by atoms with Crippen molar-refractivity contribution in [3.05, 3.63) is 66.5 Å². The smallest absolute Gasteiger partial charge is 0.489 e. The molecule has 4 rings (SSSR count). The van der Waals surface area contributed by atoms with Crippen LogP contribution in [-0.2, 0) is 4.74 Å². The monoisotopic (exact) mass is 457 g/mol. The summed E-state index contributed by atoms with van der Waals surface area (Å²) in [5.74, 6) is -0.505. The summed E-state index contributed by atoms with van der Waals surface area (Å²) in [5.41, 5.74) is 1.61. The topological polar surface area (TPSA) is 39.7 Å². The van der Waals surface area contributed by atoms with E-state index < -0.39 is 12.7 Å². The van der Waals surface area contributed by atoms with Crippen LogP contribution in [0, 0.1) is 5.92 Å². The highest BCUT2D eigenvalue weighted by molar-refractivity contribution is 5.79. The van der Waals surface area contributed by atoms with E-state index in [2.05, 4.69) is 14.8 Å². The number of hydrogen-bond acceptors (Lipinski definition) is 4. The molecule has 1 aliphatic heterocycles. The average Bonchev–Trinajstić information content (AvgIpc) is 2.71. The number of hydrogen-bond donors (Lipinski definition) is 1. The molecule has 0 radical (unpaired) electrons. The van der Waals surface area contributed by atoms with Crippen LogP contribution in [0.4, 0.5) is 32.0 Å². The largest absolute Gasteiger partial charge is 0.573 e. The van der Waals surface area contributed by atoms with Gasteiger partial charge in [0.15, 0.2) is 0 Å². The molecule has 0 aromatic heterocycles. The maximum Gasteiger partial charge on any atom is 0.573 e. The van der Waals surface area contributed by atoms with Gasteiger partial charge in [0.05, 0.1) is 11.7 Å². The number of anilines is 1. The van der Waals surface area contributed by atoms with E-state index in [0.717, 1.165) is 0 Å². The zero-order valence-electron chi connectivity index (χ0n) is 16.3. The van der Waals surface area contributed by atoms with Crippen molar-refractivity contribution in [2.24, 2.45) is 5.92 Å². The fourth-order valence-corrected chi connectivity index (χ4v) is 3.70. The summed E-state index contributed by atoms with van der Waals surface area (Å²) >= 11 is 0. The molecule has 0 saturated heterocycles. The molecule has 4 nitrogen and oxygen atoms in total. The van der Waals surface area contributed by atoms with Crippen LogP contribution in [0.2, 0.25) is 0 Å². The maximum atomic E-state index is 12.5. The van der Waals surface area contributed by atoms with Crippen molar-refractivity contribution in [1.29, 1.82) is 0 Å². The van der Waals surface area contributed by atoms with E-state index in [1.807, 2.05) is 0 Å². The molecule has 2 aromatic rings. The normalized spacial score (nSPS) is 20.5. The van der Waals surface area contributed by atoms with E-state index in [1.165, 1.54) is 30.4 Å². The molecular formula is C22H17F6NO3. The van der Waals surface area contributed by atoms with Crippen molar-refractivity contribution < 1.29 is 40.6 Å². The van der Waals surface area contributed by atoms with Crippen molar-refractivity contribution in [2.75, 3.05) is 11.9 Å². The van der Waals surface area contributed by atoms with Gasteiger partial charge < -0.3 is 19.5 Å². The second-order valence-corrected chi connectivity index (χ2v) is 7.24. The second kappa shape index (κ2) is 8.33. The Morgan fingerprint density at radius 1 is 0.938 bits per heavy atom. The number of alkyl halides is 6. The predicted octanol–water partition coefficient (Wildman–Crippen LogP) is 6.42. The van der Waals surface area contributed by atoms with Crippen molar-refractivity contribution >= 4 is 5.69 Å². The first-order chi connectivity index (χ1) is 15.1. The first kappa shape index (κ1) is 21.9. The van der Waals surface area contributed by atoms with Gasteiger partial charge in [-0.15, -0.1) is 26.3 Å². The molecule has 1 aliphatic carbocycles.